The third-order valence-electron chi connectivity index (χ3n) is 0.734. The molecule has 0 aliphatic heterocycles. The Morgan fingerprint density at radius 2 is 1.70 bits per heavy atom. The van der Waals surface area contributed by atoms with Crippen LogP contribution in [0.25, 0.3) is 0 Å². The SMILES string of the molecule is CC(C)CC=O.COOC. The molecule has 0 unspecified atom stereocenters. The number of hydrogen-bond donors (Lipinski definition) is 0. The highest BCUT2D eigenvalue weighted by Crippen LogP contribution is 1.92. The Kier molecular flexibility index (Phi) is 14.0. The van der Waals surface area contributed by atoms with Crippen LogP contribution >= 0.6 is 0 Å². The molecule has 0 aromatic heterocycles. The van der Waals surface area contributed by atoms with E-state index in [2.05, 4.69) is 9.78 Å². The van der Waals surface area contributed by atoms with Crippen molar-refractivity contribution in [3.05, 3.63) is 0 Å². The molecule has 0 rings (SSSR count). The Morgan fingerprint density at radius 3 is 1.70 bits per heavy atom. The van der Waals surface area contributed by atoms with Crippen molar-refractivity contribution in [3.8, 4) is 0 Å². The van der Waals surface area contributed by atoms with Gasteiger partial charge in [0.15, 0.2) is 0 Å². The topological polar surface area (TPSA) is 35.5 Å². The molecule has 3 nitrogen and oxygen atoms in total. The van der Waals surface area contributed by atoms with Crippen molar-refractivity contribution in [2.75, 3.05) is 14.2 Å². The minimum atomic E-state index is 0.530. The van der Waals surface area contributed by atoms with Crippen molar-refractivity contribution in [2.45, 2.75) is 20.3 Å². The van der Waals surface area contributed by atoms with Crippen molar-refractivity contribution in [2.24, 2.45) is 5.92 Å². The van der Waals surface area contributed by atoms with E-state index in [1.807, 2.05) is 13.8 Å². The quantitative estimate of drug-likeness (QED) is 0.345. The molecule has 0 aromatic carbocycles. The fourth-order valence-electron chi connectivity index (χ4n) is 0.192. The molecule has 0 aromatic rings. The Bertz CT molecular complexity index is 59.9. The van der Waals surface area contributed by atoms with Crippen LogP contribution < -0.4 is 0 Å². The fraction of sp³-hybridized carbons (Fsp3) is 0.857. The highest BCUT2D eigenvalue weighted by molar-refractivity contribution is 5.49. The van der Waals surface area contributed by atoms with Gasteiger partial charge in [-0.15, -0.1) is 0 Å². The molecule has 0 radical (unpaired) electrons. The van der Waals surface area contributed by atoms with E-state index in [4.69, 9.17) is 0 Å². The van der Waals surface area contributed by atoms with Crippen LogP contribution in [0.4, 0.5) is 0 Å². The van der Waals surface area contributed by atoms with Crippen molar-refractivity contribution in [3.63, 3.8) is 0 Å². The average Bonchev–Trinajstić information content (AvgIpc) is 1.89. The van der Waals surface area contributed by atoms with Crippen LogP contribution in [0.1, 0.15) is 20.3 Å². The lowest BCUT2D eigenvalue weighted by molar-refractivity contribution is -0.248. The molecule has 0 N–H and O–H groups in total. The van der Waals surface area contributed by atoms with Crippen molar-refractivity contribution in [1.29, 1.82) is 0 Å². The van der Waals surface area contributed by atoms with Crippen LogP contribution in [0.3, 0.4) is 0 Å². The van der Waals surface area contributed by atoms with Crippen LogP contribution in [-0.2, 0) is 14.6 Å². The van der Waals surface area contributed by atoms with E-state index in [9.17, 15) is 4.79 Å². The molecular formula is C7H16O3. The number of aldehydes is 1. The molecule has 0 aliphatic carbocycles. The predicted molar refractivity (Wildman–Crippen MR) is 39.5 cm³/mol. The van der Waals surface area contributed by atoms with E-state index in [-0.39, 0.29) is 0 Å². The van der Waals surface area contributed by atoms with Crippen LogP contribution in [0.15, 0.2) is 0 Å². The first-order valence-corrected chi connectivity index (χ1v) is 3.19. The Morgan fingerprint density at radius 1 is 1.30 bits per heavy atom. The molecule has 0 saturated carbocycles. The average molecular weight is 148 g/mol. The summed E-state index contributed by atoms with van der Waals surface area (Å²) in [5.41, 5.74) is 0. The number of rotatable bonds is 3. The molecular weight excluding hydrogens is 132 g/mol. The zero-order chi connectivity index (χ0) is 8.41. The summed E-state index contributed by atoms with van der Waals surface area (Å²) < 4.78 is 0. The van der Waals surface area contributed by atoms with Gasteiger partial charge in [-0.1, -0.05) is 13.8 Å². The monoisotopic (exact) mass is 148 g/mol. The lowest BCUT2D eigenvalue weighted by Gasteiger charge is -1.89. The van der Waals surface area contributed by atoms with E-state index in [0.717, 1.165) is 6.29 Å². The van der Waals surface area contributed by atoms with E-state index in [1.54, 1.807) is 0 Å². The Labute approximate surface area is 62.3 Å². The molecule has 62 valence electrons. The van der Waals surface area contributed by atoms with E-state index in [0.29, 0.717) is 12.3 Å². The minimum Gasteiger partial charge on any atom is -0.303 e. The zero-order valence-electron chi connectivity index (χ0n) is 7.09. The summed E-state index contributed by atoms with van der Waals surface area (Å²) in [5, 5.41) is 0. The standard InChI is InChI=1S/C5H10O.C2H6O2/c1-5(2)3-4-6;1-3-4-2/h4-5H,3H2,1-2H3;1-2H3. The van der Waals surface area contributed by atoms with Gasteiger partial charge in [-0.05, 0) is 5.92 Å². The lowest BCUT2D eigenvalue weighted by atomic mass is 10.2. The molecule has 3 heteroatoms. The minimum absolute atomic E-state index is 0.530. The fourth-order valence-corrected chi connectivity index (χ4v) is 0.192. The highest BCUT2D eigenvalue weighted by Gasteiger charge is 1.85. The van der Waals surface area contributed by atoms with Gasteiger partial charge >= 0.3 is 0 Å². The molecule has 10 heavy (non-hydrogen) atoms. The Hall–Kier alpha value is -0.410. The van der Waals surface area contributed by atoms with Crippen molar-refractivity contribution >= 4 is 6.29 Å². The first-order valence-electron chi connectivity index (χ1n) is 3.19. The van der Waals surface area contributed by atoms with Gasteiger partial charge in [0.25, 0.3) is 0 Å². The largest absolute Gasteiger partial charge is 0.303 e. The van der Waals surface area contributed by atoms with Crippen LogP contribution in [0.2, 0.25) is 0 Å². The highest BCUT2D eigenvalue weighted by atomic mass is 17.2. The van der Waals surface area contributed by atoms with Gasteiger partial charge in [0.2, 0.25) is 0 Å². The molecule has 0 spiro atoms. The maximum absolute atomic E-state index is 9.62. The van der Waals surface area contributed by atoms with Gasteiger partial charge in [-0.3, -0.25) is 0 Å². The van der Waals surface area contributed by atoms with E-state index >= 15 is 0 Å². The first-order chi connectivity index (χ1) is 4.68. The molecule has 0 amide bonds. The summed E-state index contributed by atoms with van der Waals surface area (Å²) in [7, 11) is 2.92. The molecule has 0 heterocycles. The molecule has 0 bridgehead atoms. The van der Waals surface area contributed by atoms with Gasteiger partial charge in [0, 0.05) is 6.42 Å². The maximum Gasteiger partial charge on any atom is 0.120 e. The number of carbonyl (C=O) groups excluding carboxylic acids is 1. The van der Waals surface area contributed by atoms with Crippen LogP contribution in [0.5, 0.6) is 0 Å². The maximum atomic E-state index is 9.62. The third-order valence-corrected chi connectivity index (χ3v) is 0.734. The summed E-state index contributed by atoms with van der Waals surface area (Å²) in [4.78, 5) is 17.7. The summed E-state index contributed by atoms with van der Waals surface area (Å²) >= 11 is 0. The second-order valence-corrected chi connectivity index (χ2v) is 2.13. The van der Waals surface area contributed by atoms with E-state index in [1.165, 1.54) is 14.2 Å². The van der Waals surface area contributed by atoms with Crippen LogP contribution in [0, 0.1) is 5.92 Å². The summed E-state index contributed by atoms with van der Waals surface area (Å²) in [6.45, 7) is 4.04. The van der Waals surface area contributed by atoms with Gasteiger partial charge in [0.1, 0.15) is 6.29 Å². The van der Waals surface area contributed by atoms with Gasteiger partial charge in [-0.2, -0.15) is 0 Å². The smallest absolute Gasteiger partial charge is 0.120 e. The number of hydrogen-bond acceptors (Lipinski definition) is 3. The van der Waals surface area contributed by atoms with Gasteiger partial charge in [-0.25, -0.2) is 9.78 Å². The number of carbonyl (C=O) groups is 1. The van der Waals surface area contributed by atoms with Crippen molar-refractivity contribution in [1.82, 2.24) is 0 Å². The second kappa shape index (κ2) is 11.4. The summed E-state index contributed by atoms with van der Waals surface area (Å²) in [6, 6.07) is 0. The molecule has 0 atom stereocenters. The van der Waals surface area contributed by atoms with Gasteiger partial charge in [0.05, 0.1) is 14.2 Å². The van der Waals surface area contributed by atoms with Crippen LogP contribution in [-0.4, -0.2) is 20.5 Å². The normalized spacial score (nSPS) is 8.50. The van der Waals surface area contributed by atoms with E-state index < -0.39 is 0 Å². The predicted octanol–water partition coefficient (Wildman–Crippen LogP) is 1.43. The first kappa shape index (κ1) is 12.3. The lowest BCUT2D eigenvalue weighted by Crippen LogP contribution is -1.84. The summed E-state index contributed by atoms with van der Waals surface area (Å²) in [5.74, 6) is 0.530. The third kappa shape index (κ3) is 25.6. The molecule has 0 fully saturated rings. The molecule has 0 saturated heterocycles. The zero-order valence-corrected chi connectivity index (χ0v) is 7.09. The Balaban J connectivity index is 0. The van der Waals surface area contributed by atoms with Gasteiger partial charge < -0.3 is 4.79 Å². The van der Waals surface area contributed by atoms with Crippen molar-refractivity contribution < 1.29 is 14.6 Å². The second-order valence-electron chi connectivity index (χ2n) is 2.13. The summed E-state index contributed by atoms with van der Waals surface area (Å²) in [6.07, 6.45) is 1.64. The molecule has 0 aliphatic rings.